The van der Waals surface area contributed by atoms with Crippen LogP contribution in [0.15, 0.2) is 95.9 Å². The number of fused-ring (bicyclic) bond motifs is 1. The second kappa shape index (κ2) is 10.1. The lowest BCUT2D eigenvalue weighted by molar-refractivity contribution is 0.0959. The molecule has 5 rings (SSSR count). The standard InChI is InChI=1S/C28H24N4O3S2/c29-25-24-22(19-7-3-1-4-8-19)17-23(20-9-5-2-6-10-20)32-28(24)36-26(25)27(33)31-16-15-18-11-13-21(14-12-18)37(30,34)35/h1-14,17H,15-16,29H2,(H,31,33)(H2,30,34,35). The predicted octanol–water partition coefficient (Wildman–Crippen LogP) is 4.83. The van der Waals surface area contributed by atoms with E-state index in [1.165, 1.54) is 23.5 Å². The zero-order valence-corrected chi connectivity index (χ0v) is 21.4. The highest BCUT2D eigenvalue weighted by atomic mass is 32.2. The molecule has 0 unspecified atom stereocenters. The van der Waals surface area contributed by atoms with Gasteiger partial charge in [-0.25, -0.2) is 18.5 Å². The van der Waals surface area contributed by atoms with E-state index in [1.807, 2.05) is 66.7 Å². The van der Waals surface area contributed by atoms with Crippen LogP contribution in [0.25, 0.3) is 32.6 Å². The Morgan fingerprint density at radius 1 is 0.892 bits per heavy atom. The van der Waals surface area contributed by atoms with E-state index < -0.39 is 10.0 Å². The molecular weight excluding hydrogens is 504 g/mol. The minimum absolute atomic E-state index is 0.0509. The van der Waals surface area contributed by atoms with Gasteiger partial charge in [-0.2, -0.15) is 0 Å². The zero-order chi connectivity index (χ0) is 26.0. The van der Waals surface area contributed by atoms with Gasteiger partial charge in [0.25, 0.3) is 5.91 Å². The fourth-order valence-electron chi connectivity index (χ4n) is 4.14. The third-order valence-electron chi connectivity index (χ3n) is 6.01. The summed E-state index contributed by atoms with van der Waals surface area (Å²) in [5, 5.41) is 8.83. The van der Waals surface area contributed by atoms with Gasteiger partial charge in [-0.15, -0.1) is 11.3 Å². The molecule has 5 aromatic rings. The number of nitrogens with zero attached hydrogens (tertiary/aromatic N) is 1. The molecular formula is C28H24N4O3S2. The average Bonchev–Trinajstić information content (AvgIpc) is 3.25. The number of hydrogen-bond donors (Lipinski definition) is 3. The number of thiophene rings is 1. The maximum atomic E-state index is 13.1. The molecule has 0 atom stereocenters. The first kappa shape index (κ1) is 24.6. The van der Waals surface area contributed by atoms with Gasteiger partial charge in [-0.05, 0) is 41.3 Å². The molecule has 9 heteroatoms. The van der Waals surface area contributed by atoms with Gasteiger partial charge in [0, 0.05) is 17.5 Å². The lowest BCUT2D eigenvalue weighted by Crippen LogP contribution is -2.25. The Hall–Kier alpha value is -4.05. The van der Waals surface area contributed by atoms with E-state index in [9.17, 15) is 13.2 Å². The van der Waals surface area contributed by atoms with Gasteiger partial charge in [-0.3, -0.25) is 4.79 Å². The SMILES string of the molecule is Nc1c(C(=O)NCCc2ccc(S(N)(=O)=O)cc2)sc2nc(-c3ccccc3)cc(-c3ccccc3)c12. The summed E-state index contributed by atoms with van der Waals surface area (Å²) in [7, 11) is -3.74. The number of nitrogens with one attached hydrogen (secondary N) is 1. The van der Waals surface area contributed by atoms with Crippen LogP contribution in [0.2, 0.25) is 0 Å². The smallest absolute Gasteiger partial charge is 0.263 e. The normalized spacial score (nSPS) is 11.5. The van der Waals surface area contributed by atoms with E-state index >= 15 is 0 Å². The summed E-state index contributed by atoms with van der Waals surface area (Å²) < 4.78 is 22.9. The highest BCUT2D eigenvalue weighted by Gasteiger charge is 2.21. The van der Waals surface area contributed by atoms with Crippen LogP contribution >= 0.6 is 11.3 Å². The molecule has 0 fully saturated rings. The minimum atomic E-state index is -3.74. The number of rotatable bonds is 7. The average molecular weight is 529 g/mol. The molecule has 2 aromatic heterocycles. The molecule has 0 saturated heterocycles. The molecule has 7 nitrogen and oxygen atoms in total. The number of carbonyl (C=O) groups excluding carboxylic acids is 1. The van der Waals surface area contributed by atoms with E-state index in [-0.39, 0.29) is 10.8 Å². The van der Waals surface area contributed by atoms with Crippen LogP contribution in [0.5, 0.6) is 0 Å². The first-order chi connectivity index (χ1) is 17.8. The monoisotopic (exact) mass is 528 g/mol. The van der Waals surface area contributed by atoms with Crippen molar-refractivity contribution in [1.29, 1.82) is 0 Å². The van der Waals surface area contributed by atoms with Gasteiger partial charge >= 0.3 is 0 Å². The molecule has 0 spiro atoms. The van der Waals surface area contributed by atoms with Crippen LogP contribution in [-0.2, 0) is 16.4 Å². The largest absolute Gasteiger partial charge is 0.397 e. The molecule has 0 radical (unpaired) electrons. The highest BCUT2D eigenvalue weighted by Crippen LogP contribution is 2.41. The van der Waals surface area contributed by atoms with Crippen LogP contribution in [-0.4, -0.2) is 25.9 Å². The van der Waals surface area contributed by atoms with Gasteiger partial charge in [-0.1, -0.05) is 72.8 Å². The Kier molecular flexibility index (Phi) is 6.75. The Morgan fingerprint density at radius 3 is 2.14 bits per heavy atom. The summed E-state index contributed by atoms with van der Waals surface area (Å²) in [6.07, 6.45) is 0.521. The third kappa shape index (κ3) is 5.24. The molecule has 0 saturated carbocycles. The van der Waals surface area contributed by atoms with E-state index in [0.29, 0.717) is 28.4 Å². The van der Waals surface area contributed by atoms with Crippen LogP contribution in [0.4, 0.5) is 5.69 Å². The number of anilines is 1. The van der Waals surface area contributed by atoms with E-state index in [1.54, 1.807) is 12.1 Å². The van der Waals surface area contributed by atoms with Gasteiger partial charge in [0.2, 0.25) is 10.0 Å². The summed E-state index contributed by atoms with van der Waals surface area (Å²) >= 11 is 1.27. The first-order valence-electron chi connectivity index (χ1n) is 11.5. The molecule has 0 aliphatic carbocycles. The van der Waals surface area contributed by atoms with E-state index in [4.69, 9.17) is 15.9 Å². The highest BCUT2D eigenvalue weighted by molar-refractivity contribution is 7.89. The number of aromatic nitrogens is 1. The zero-order valence-electron chi connectivity index (χ0n) is 19.7. The third-order valence-corrected chi connectivity index (χ3v) is 8.04. The second-order valence-corrected chi connectivity index (χ2v) is 11.1. The predicted molar refractivity (Wildman–Crippen MR) is 149 cm³/mol. The number of carbonyl (C=O) groups is 1. The van der Waals surface area contributed by atoms with Gasteiger partial charge in [0.15, 0.2) is 0 Å². The van der Waals surface area contributed by atoms with Crippen molar-refractivity contribution in [3.63, 3.8) is 0 Å². The molecule has 1 amide bonds. The van der Waals surface area contributed by atoms with Crippen molar-refractivity contribution < 1.29 is 13.2 Å². The Morgan fingerprint density at radius 2 is 1.51 bits per heavy atom. The minimum Gasteiger partial charge on any atom is -0.397 e. The van der Waals surface area contributed by atoms with Crippen molar-refractivity contribution in [2.24, 2.45) is 5.14 Å². The summed E-state index contributed by atoms with van der Waals surface area (Å²) in [5.41, 5.74) is 11.5. The number of primary sulfonamides is 1. The number of nitrogen functional groups attached to an aromatic ring is 1. The van der Waals surface area contributed by atoms with E-state index in [2.05, 4.69) is 5.32 Å². The van der Waals surface area contributed by atoms with Crippen molar-refractivity contribution in [1.82, 2.24) is 10.3 Å². The summed E-state index contributed by atoms with van der Waals surface area (Å²) in [4.78, 5) is 19.1. The van der Waals surface area contributed by atoms with Crippen molar-refractivity contribution in [2.75, 3.05) is 12.3 Å². The molecule has 0 aliphatic rings. The number of amides is 1. The number of sulfonamides is 1. The van der Waals surface area contributed by atoms with Gasteiger partial charge in [0.1, 0.15) is 9.71 Å². The summed E-state index contributed by atoms with van der Waals surface area (Å²) in [6, 6.07) is 28.1. The van der Waals surface area contributed by atoms with Crippen LogP contribution in [0.1, 0.15) is 15.2 Å². The van der Waals surface area contributed by atoms with Gasteiger partial charge in [0.05, 0.1) is 16.3 Å². The summed E-state index contributed by atoms with van der Waals surface area (Å²) in [6.45, 7) is 0.357. The van der Waals surface area contributed by atoms with E-state index in [0.717, 1.165) is 33.3 Å². The first-order valence-corrected chi connectivity index (χ1v) is 13.9. The molecule has 186 valence electrons. The van der Waals surface area contributed by atoms with Crippen LogP contribution in [0.3, 0.4) is 0 Å². The second-order valence-electron chi connectivity index (χ2n) is 8.51. The maximum Gasteiger partial charge on any atom is 0.263 e. The molecule has 0 aliphatic heterocycles. The topological polar surface area (TPSA) is 128 Å². The van der Waals surface area contributed by atoms with Crippen LogP contribution in [0, 0.1) is 0 Å². The molecule has 37 heavy (non-hydrogen) atoms. The fourth-order valence-corrected chi connectivity index (χ4v) is 5.69. The maximum absolute atomic E-state index is 13.1. The molecule has 3 aromatic carbocycles. The van der Waals surface area contributed by atoms with Crippen molar-refractivity contribution >= 4 is 43.2 Å². The van der Waals surface area contributed by atoms with Crippen LogP contribution < -0.4 is 16.2 Å². The number of hydrogen-bond acceptors (Lipinski definition) is 6. The Bertz CT molecular complexity index is 1680. The molecule has 0 bridgehead atoms. The fraction of sp³-hybridized carbons (Fsp3) is 0.0714. The lowest BCUT2D eigenvalue weighted by Gasteiger charge is -2.09. The Balaban J connectivity index is 1.44. The van der Waals surface area contributed by atoms with Crippen molar-refractivity contribution in [3.05, 3.63) is 101 Å². The van der Waals surface area contributed by atoms with Crippen molar-refractivity contribution in [3.8, 4) is 22.4 Å². The number of pyridine rings is 1. The van der Waals surface area contributed by atoms with Crippen molar-refractivity contribution in [2.45, 2.75) is 11.3 Å². The Labute approximate surface area is 218 Å². The summed E-state index contributed by atoms with van der Waals surface area (Å²) in [5.74, 6) is -0.276. The number of benzene rings is 3. The quantitative estimate of drug-likeness (QED) is 0.279. The lowest BCUT2D eigenvalue weighted by atomic mass is 9.99. The molecule has 5 N–H and O–H groups in total. The van der Waals surface area contributed by atoms with Gasteiger partial charge < -0.3 is 11.1 Å². The number of nitrogens with two attached hydrogens (primary N) is 2. The molecule has 2 heterocycles.